The van der Waals surface area contributed by atoms with Crippen LogP contribution in [0.25, 0.3) is 0 Å². The summed E-state index contributed by atoms with van der Waals surface area (Å²) in [5.74, 6) is 1.41. The van der Waals surface area contributed by atoms with E-state index in [2.05, 4.69) is 20.6 Å². The Morgan fingerprint density at radius 2 is 1.61 bits per heavy atom. The molecule has 28 heavy (non-hydrogen) atoms. The van der Waals surface area contributed by atoms with E-state index >= 15 is 0 Å². The van der Waals surface area contributed by atoms with E-state index in [1.54, 1.807) is 32.4 Å². The largest absolute Gasteiger partial charge is 0.493 e. The molecule has 0 unspecified atom stereocenters. The third kappa shape index (κ3) is 4.37. The van der Waals surface area contributed by atoms with Gasteiger partial charge in [-0.05, 0) is 49.2 Å². The zero-order chi connectivity index (χ0) is 20.1. The summed E-state index contributed by atoms with van der Waals surface area (Å²) in [5.41, 5.74) is 4.01. The Morgan fingerprint density at radius 3 is 2.32 bits per heavy atom. The molecule has 2 aromatic carbocycles. The van der Waals surface area contributed by atoms with E-state index in [1.165, 1.54) is 11.9 Å². The molecule has 1 amide bonds. The molecule has 0 spiro atoms. The zero-order valence-corrected chi connectivity index (χ0v) is 16.2. The van der Waals surface area contributed by atoms with Crippen LogP contribution in [0.3, 0.4) is 0 Å². The molecule has 0 radical (unpaired) electrons. The van der Waals surface area contributed by atoms with E-state index in [0.29, 0.717) is 17.3 Å². The van der Waals surface area contributed by atoms with Crippen LogP contribution in [-0.4, -0.2) is 30.1 Å². The van der Waals surface area contributed by atoms with Crippen LogP contribution in [0.5, 0.6) is 11.5 Å². The van der Waals surface area contributed by atoms with Gasteiger partial charge in [-0.2, -0.15) is 0 Å². The smallest absolute Gasteiger partial charge is 0.274 e. The topological polar surface area (TPSA) is 85.4 Å². The molecule has 0 atom stereocenters. The second-order valence-corrected chi connectivity index (χ2v) is 6.24. The van der Waals surface area contributed by atoms with E-state index < -0.39 is 0 Å². The van der Waals surface area contributed by atoms with E-state index in [9.17, 15) is 4.79 Å². The van der Waals surface area contributed by atoms with Gasteiger partial charge in [-0.15, -0.1) is 0 Å². The first-order chi connectivity index (χ1) is 13.5. The number of rotatable bonds is 6. The number of carbonyl (C=O) groups is 1. The molecule has 0 aliphatic rings. The molecule has 7 nitrogen and oxygen atoms in total. The number of hydrogen-bond donors (Lipinski definition) is 2. The third-order valence-corrected chi connectivity index (χ3v) is 4.32. The van der Waals surface area contributed by atoms with Crippen molar-refractivity contribution in [1.82, 2.24) is 9.97 Å². The van der Waals surface area contributed by atoms with Crippen molar-refractivity contribution in [1.29, 1.82) is 0 Å². The Hall–Kier alpha value is -3.61. The van der Waals surface area contributed by atoms with Crippen LogP contribution in [0.2, 0.25) is 0 Å². The van der Waals surface area contributed by atoms with Crippen molar-refractivity contribution in [2.75, 3.05) is 24.9 Å². The van der Waals surface area contributed by atoms with Gasteiger partial charge in [0.1, 0.15) is 17.8 Å². The highest BCUT2D eigenvalue weighted by molar-refractivity contribution is 6.03. The fourth-order valence-electron chi connectivity index (χ4n) is 2.63. The van der Waals surface area contributed by atoms with Gasteiger partial charge < -0.3 is 20.1 Å². The number of nitrogens with one attached hydrogen (secondary N) is 2. The van der Waals surface area contributed by atoms with Gasteiger partial charge in [-0.3, -0.25) is 4.79 Å². The van der Waals surface area contributed by atoms with Gasteiger partial charge in [0, 0.05) is 23.5 Å². The van der Waals surface area contributed by atoms with Crippen LogP contribution in [0, 0.1) is 13.8 Å². The van der Waals surface area contributed by atoms with E-state index in [0.717, 1.165) is 16.9 Å². The lowest BCUT2D eigenvalue weighted by Gasteiger charge is -2.11. The molecular formula is C21H22N4O3. The predicted molar refractivity (Wildman–Crippen MR) is 109 cm³/mol. The highest BCUT2D eigenvalue weighted by atomic mass is 16.5. The minimum absolute atomic E-state index is 0.260. The minimum Gasteiger partial charge on any atom is -0.493 e. The highest BCUT2D eigenvalue weighted by Gasteiger charge is 2.11. The Morgan fingerprint density at radius 1 is 0.857 bits per heavy atom. The van der Waals surface area contributed by atoms with Crippen molar-refractivity contribution in [2.24, 2.45) is 0 Å². The molecule has 144 valence electrons. The number of ether oxygens (including phenoxy) is 2. The number of methoxy groups -OCH3 is 2. The normalized spacial score (nSPS) is 10.3. The SMILES string of the molecule is COc1ccc(Nc2cc(C(=O)Nc3ccc(C)c(C)c3)ncn2)cc1OC. The van der Waals surface area contributed by atoms with E-state index in [4.69, 9.17) is 9.47 Å². The van der Waals surface area contributed by atoms with Gasteiger partial charge in [-0.25, -0.2) is 9.97 Å². The maximum Gasteiger partial charge on any atom is 0.274 e. The maximum atomic E-state index is 12.5. The van der Waals surface area contributed by atoms with E-state index in [1.807, 2.05) is 38.1 Å². The van der Waals surface area contributed by atoms with Crippen molar-refractivity contribution < 1.29 is 14.3 Å². The Labute approximate surface area is 163 Å². The minimum atomic E-state index is -0.305. The monoisotopic (exact) mass is 378 g/mol. The van der Waals surface area contributed by atoms with Crippen molar-refractivity contribution in [3.05, 3.63) is 65.6 Å². The molecule has 0 bridgehead atoms. The standard InChI is InChI=1S/C21H22N4O3/c1-13-5-6-15(9-14(13)2)25-21(26)17-11-20(23-12-22-17)24-16-7-8-18(27-3)19(10-16)28-4/h5-12H,1-4H3,(H,25,26)(H,22,23,24). The van der Waals surface area contributed by atoms with Crippen LogP contribution in [0.4, 0.5) is 17.2 Å². The summed E-state index contributed by atoms with van der Waals surface area (Å²) < 4.78 is 10.5. The lowest BCUT2D eigenvalue weighted by molar-refractivity contribution is 0.102. The number of anilines is 3. The molecule has 2 N–H and O–H groups in total. The first-order valence-corrected chi connectivity index (χ1v) is 8.70. The number of amides is 1. The molecule has 0 aliphatic carbocycles. The number of carbonyl (C=O) groups excluding carboxylic acids is 1. The number of nitrogens with zero attached hydrogens (tertiary/aromatic N) is 2. The molecule has 7 heteroatoms. The summed E-state index contributed by atoms with van der Waals surface area (Å²) in [6, 6.07) is 12.8. The van der Waals surface area contributed by atoms with E-state index in [-0.39, 0.29) is 11.6 Å². The summed E-state index contributed by atoms with van der Waals surface area (Å²) in [6.45, 7) is 4.03. The lowest BCUT2D eigenvalue weighted by Crippen LogP contribution is -2.14. The van der Waals surface area contributed by atoms with Crippen LogP contribution < -0.4 is 20.1 Å². The summed E-state index contributed by atoms with van der Waals surface area (Å²) in [7, 11) is 3.15. The van der Waals surface area contributed by atoms with Gasteiger partial charge in [0.25, 0.3) is 5.91 Å². The van der Waals surface area contributed by atoms with Gasteiger partial charge >= 0.3 is 0 Å². The summed E-state index contributed by atoms with van der Waals surface area (Å²) in [5, 5.41) is 6.00. The Balaban J connectivity index is 1.76. The Kier molecular flexibility index (Phi) is 5.74. The maximum absolute atomic E-state index is 12.5. The van der Waals surface area contributed by atoms with Crippen LogP contribution in [0.1, 0.15) is 21.6 Å². The quantitative estimate of drug-likeness (QED) is 0.671. The summed E-state index contributed by atoms with van der Waals surface area (Å²) >= 11 is 0. The molecular weight excluding hydrogens is 356 g/mol. The summed E-state index contributed by atoms with van der Waals surface area (Å²) in [4.78, 5) is 20.8. The van der Waals surface area contributed by atoms with Gasteiger partial charge in [0.15, 0.2) is 11.5 Å². The fraction of sp³-hybridized carbons (Fsp3) is 0.190. The highest BCUT2D eigenvalue weighted by Crippen LogP contribution is 2.30. The lowest BCUT2D eigenvalue weighted by atomic mass is 10.1. The molecule has 0 aliphatic heterocycles. The van der Waals surface area contributed by atoms with Crippen LogP contribution in [-0.2, 0) is 0 Å². The zero-order valence-electron chi connectivity index (χ0n) is 16.2. The number of aryl methyl sites for hydroxylation is 2. The molecule has 0 saturated heterocycles. The van der Waals surface area contributed by atoms with Crippen LogP contribution >= 0.6 is 0 Å². The fourth-order valence-corrected chi connectivity index (χ4v) is 2.63. The predicted octanol–water partition coefficient (Wildman–Crippen LogP) is 4.11. The first kappa shape index (κ1) is 19.2. The van der Waals surface area contributed by atoms with Crippen molar-refractivity contribution in [3.8, 4) is 11.5 Å². The third-order valence-electron chi connectivity index (χ3n) is 4.32. The first-order valence-electron chi connectivity index (χ1n) is 8.70. The van der Waals surface area contributed by atoms with Crippen molar-refractivity contribution >= 4 is 23.1 Å². The molecule has 1 heterocycles. The van der Waals surface area contributed by atoms with Gasteiger partial charge in [0.05, 0.1) is 14.2 Å². The Bertz CT molecular complexity index is 1000. The molecule has 1 aromatic heterocycles. The van der Waals surface area contributed by atoms with Crippen molar-refractivity contribution in [2.45, 2.75) is 13.8 Å². The molecule has 0 fully saturated rings. The second-order valence-electron chi connectivity index (χ2n) is 6.24. The van der Waals surface area contributed by atoms with Gasteiger partial charge in [-0.1, -0.05) is 6.07 Å². The number of aromatic nitrogens is 2. The number of benzene rings is 2. The van der Waals surface area contributed by atoms with Gasteiger partial charge in [0.2, 0.25) is 0 Å². The molecule has 0 saturated carbocycles. The molecule has 3 aromatic rings. The molecule has 3 rings (SSSR count). The second kappa shape index (κ2) is 8.39. The van der Waals surface area contributed by atoms with Crippen molar-refractivity contribution in [3.63, 3.8) is 0 Å². The summed E-state index contributed by atoms with van der Waals surface area (Å²) in [6.07, 6.45) is 1.35. The van der Waals surface area contributed by atoms with Crippen LogP contribution in [0.15, 0.2) is 48.8 Å². The average Bonchev–Trinajstić information content (AvgIpc) is 2.71. The number of hydrogen-bond acceptors (Lipinski definition) is 6. The average molecular weight is 378 g/mol.